The molecular weight excluding hydrogens is 329 g/mol. The molecule has 0 radical (unpaired) electrons. The highest BCUT2D eigenvalue weighted by Crippen LogP contribution is 2.28. The standard InChI is InChI=1S/C17H16FN3O2S/c18-11-5-6-15-13(8-11)20-17(24-15)12(9-19)14(22)10-21-7-3-1-2-4-16(21)23/h5-6,8,12H,1-4,7,10H2/t12-/m0/s1. The van der Waals surface area contributed by atoms with Gasteiger partial charge in [-0.3, -0.25) is 9.59 Å². The van der Waals surface area contributed by atoms with Crippen LogP contribution in [-0.4, -0.2) is 34.7 Å². The Bertz CT molecular complexity index is 827. The first-order valence-corrected chi connectivity index (χ1v) is 8.66. The first kappa shape index (κ1) is 16.5. The molecule has 1 aromatic carbocycles. The molecule has 0 spiro atoms. The minimum absolute atomic E-state index is 0.0380. The van der Waals surface area contributed by atoms with Crippen LogP contribution in [-0.2, 0) is 9.59 Å². The molecule has 5 nitrogen and oxygen atoms in total. The number of thiazole rings is 1. The molecule has 0 bridgehead atoms. The molecule has 0 N–H and O–H groups in total. The van der Waals surface area contributed by atoms with Crippen LogP contribution in [0.2, 0.25) is 0 Å². The van der Waals surface area contributed by atoms with Crippen molar-refractivity contribution in [1.82, 2.24) is 9.88 Å². The van der Waals surface area contributed by atoms with Crippen molar-refractivity contribution in [2.75, 3.05) is 13.1 Å². The van der Waals surface area contributed by atoms with E-state index in [0.29, 0.717) is 23.5 Å². The van der Waals surface area contributed by atoms with E-state index in [9.17, 15) is 19.2 Å². The van der Waals surface area contributed by atoms with E-state index in [1.54, 1.807) is 6.07 Å². The largest absolute Gasteiger partial charge is 0.335 e. The fraction of sp³-hybridized carbons (Fsp3) is 0.412. The quantitative estimate of drug-likeness (QED) is 0.854. The fourth-order valence-corrected chi connectivity index (χ4v) is 3.81. The number of halogens is 1. The monoisotopic (exact) mass is 345 g/mol. The molecule has 1 aromatic heterocycles. The lowest BCUT2D eigenvalue weighted by Crippen LogP contribution is -2.36. The summed E-state index contributed by atoms with van der Waals surface area (Å²) in [5, 5.41) is 9.75. The van der Waals surface area contributed by atoms with E-state index >= 15 is 0 Å². The average Bonchev–Trinajstić information content (AvgIpc) is 2.85. The number of hydrogen-bond donors (Lipinski definition) is 0. The molecule has 24 heavy (non-hydrogen) atoms. The van der Waals surface area contributed by atoms with Crippen LogP contribution in [0.1, 0.15) is 36.6 Å². The second-order valence-corrected chi connectivity index (χ2v) is 6.88. The molecule has 0 unspecified atom stereocenters. The van der Waals surface area contributed by atoms with Gasteiger partial charge in [-0.15, -0.1) is 11.3 Å². The molecule has 1 aliphatic rings. The summed E-state index contributed by atoms with van der Waals surface area (Å²) in [6.45, 7) is 0.481. The molecule has 2 aromatic rings. The van der Waals surface area contributed by atoms with Gasteiger partial charge < -0.3 is 4.90 Å². The van der Waals surface area contributed by atoms with Crippen LogP contribution in [0.3, 0.4) is 0 Å². The lowest BCUT2D eigenvalue weighted by atomic mass is 10.1. The van der Waals surface area contributed by atoms with Crippen molar-refractivity contribution in [1.29, 1.82) is 5.26 Å². The van der Waals surface area contributed by atoms with Crippen LogP contribution in [0.25, 0.3) is 10.2 Å². The van der Waals surface area contributed by atoms with Gasteiger partial charge in [-0.05, 0) is 25.0 Å². The van der Waals surface area contributed by atoms with Crippen LogP contribution in [0.4, 0.5) is 4.39 Å². The van der Waals surface area contributed by atoms with Crippen LogP contribution >= 0.6 is 11.3 Å². The number of aromatic nitrogens is 1. The molecule has 1 atom stereocenters. The van der Waals surface area contributed by atoms with Gasteiger partial charge in [0.1, 0.15) is 10.8 Å². The van der Waals surface area contributed by atoms with E-state index in [0.717, 1.165) is 24.0 Å². The number of benzene rings is 1. The Balaban J connectivity index is 1.80. The lowest BCUT2D eigenvalue weighted by Gasteiger charge is -2.20. The molecule has 1 amide bonds. The Hall–Kier alpha value is -2.33. The van der Waals surface area contributed by atoms with Gasteiger partial charge in [-0.1, -0.05) is 6.42 Å². The molecule has 3 rings (SSSR count). The Kier molecular flexibility index (Phi) is 4.86. The number of nitriles is 1. The SMILES string of the molecule is N#C[C@@H](C(=O)CN1CCCCCC1=O)c1nc2cc(F)ccc2s1. The first-order valence-electron chi connectivity index (χ1n) is 7.84. The maximum absolute atomic E-state index is 13.3. The summed E-state index contributed by atoms with van der Waals surface area (Å²) >= 11 is 1.21. The molecule has 124 valence electrons. The van der Waals surface area contributed by atoms with E-state index in [1.165, 1.54) is 28.4 Å². The van der Waals surface area contributed by atoms with Gasteiger partial charge in [0.05, 0.1) is 22.8 Å². The smallest absolute Gasteiger partial charge is 0.222 e. The van der Waals surface area contributed by atoms with Crippen LogP contribution in [0, 0.1) is 17.1 Å². The van der Waals surface area contributed by atoms with Crippen molar-refractivity contribution in [2.45, 2.75) is 31.6 Å². The van der Waals surface area contributed by atoms with E-state index in [2.05, 4.69) is 4.98 Å². The predicted octanol–water partition coefficient (Wildman–Crippen LogP) is 3.01. The number of rotatable bonds is 4. The van der Waals surface area contributed by atoms with Crippen molar-refractivity contribution in [3.63, 3.8) is 0 Å². The van der Waals surface area contributed by atoms with E-state index < -0.39 is 11.7 Å². The average molecular weight is 345 g/mol. The zero-order valence-corrected chi connectivity index (χ0v) is 13.8. The summed E-state index contributed by atoms with van der Waals surface area (Å²) in [6, 6.07) is 6.17. The van der Waals surface area contributed by atoms with E-state index in [1.807, 2.05) is 6.07 Å². The van der Waals surface area contributed by atoms with Gasteiger partial charge in [0.25, 0.3) is 0 Å². The number of carbonyl (C=O) groups excluding carboxylic acids is 2. The second kappa shape index (κ2) is 7.05. The normalized spacial score (nSPS) is 16.7. The third kappa shape index (κ3) is 3.44. The molecule has 1 fully saturated rings. The summed E-state index contributed by atoms with van der Waals surface area (Å²) in [5.74, 6) is -1.81. The maximum Gasteiger partial charge on any atom is 0.222 e. The zero-order valence-electron chi connectivity index (χ0n) is 13.0. The third-order valence-electron chi connectivity index (χ3n) is 4.08. The first-order chi connectivity index (χ1) is 11.6. The predicted molar refractivity (Wildman–Crippen MR) is 88.0 cm³/mol. The Morgan fingerprint density at radius 2 is 2.25 bits per heavy atom. The van der Waals surface area contributed by atoms with Gasteiger partial charge in [-0.25, -0.2) is 9.37 Å². The van der Waals surface area contributed by atoms with Gasteiger partial charge in [0.2, 0.25) is 5.91 Å². The number of hydrogen-bond acceptors (Lipinski definition) is 5. The van der Waals surface area contributed by atoms with Crippen molar-refractivity contribution in [3.05, 3.63) is 29.0 Å². The summed E-state index contributed by atoms with van der Waals surface area (Å²) in [4.78, 5) is 30.3. The minimum atomic E-state index is -1.03. The van der Waals surface area contributed by atoms with Crippen molar-refractivity contribution < 1.29 is 14.0 Å². The Morgan fingerprint density at radius 1 is 1.42 bits per heavy atom. The topological polar surface area (TPSA) is 74.1 Å². The number of carbonyl (C=O) groups is 2. The Morgan fingerprint density at radius 3 is 3.04 bits per heavy atom. The van der Waals surface area contributed by atoms with Crippen LogP contribution in [0.15, 0.2) is 18.2 Å². The zero-order chi connectivity index (χ0) is 17.1. The molecule has 0 aliphatic carbocycles. The minimum Gasteiger partial charge on any atom is -0.335 e. The highest BCUT2D eigenvalue weighted by atomic mass is 32.1. The number of nitrogens with zero attached hydrogens (tertiary/aromatic N) is 3. The maximum atomic E-state index is 13.3. The van der Waals surface area contributed by atoms with Gasteiger partial charge >= 0.3 is 0 Å². The molecule has 7 heteroatoms. The highest BCUT2D eigenvalue weighted by Gasteiger charge is 2.28. The molecular formula is C17H16FN3O2S. The molecule has 1 saturated heterocycles. The molecule has 0 saturated carbocycles. The van der Waals surface area contributed by atoms with Gasteiger partial charge in [0, 0.05) is 19.0 Å². The number of fused-ring (bicyclic) bond motifs is 1. The summed E-state index contributed by atoms with van der Waals surface area (Å²) in [7, 11) is 0. The fourth-order valence-electron chi connectivity index (χ4n) is 2.79. The number of Topliss-reactive ketones (excluding diaryl/α,β-unsaturated/α-hetero) is 1. The van der Waals surface area contributed by atoms with Crippen molar-refractivity contribution in [2.24, 2.45) is 0 Å². The molecule has 2 heterocycles. The summed E-state index contributed by atoms with van der Waals surface area (Å²) in [6.07, 6.45) is 3.14. The number of ketones is 1. The summed E-state index contributed by atoms with van der Waals surface area (Å²) < 4.78 is 14.0. The van der Waals surface area contributed by atoms with E-state index in [4.69, 9.17) is 0 Å². The van der Waals surface area contributed by atoms with Crippen molar-refractivity contribution in [3.8, 4) is 6.07 Å². The van der Waals surface area contributed by atoms with Crippen LogP contribution < -0.4 is 0 Å². The Labute approximate surface area is 142 Å². The number of amides is 1. The van der Waals surface area contributed by atoms with Gasteiger partial charge in [-0.2, -0.15) is 5.26 Å². The molecule has 1 aliphatic heterocycles. The summed E-state index contributed by atoms with van der Waals surface area (Å²) in [5.41, 5.74) is 0.439. The highest BCUT2D eigenvalue weighted by molar-refractivity contribution is 7.18. The lowest BCUT2D eigenvalue weighted by molar-refractivity contribution is -0.135. The third-order valence-corrected chi connectivity index (χ3v) is 5.18. The number of likely N-dealkylation sites (tertiary alicyclic amines) is 1. The second-order valence-electron chi connectivity index (χ2n) is 5.82. The van der Waals surface area contributed by atoms with Gasteiger partial charge in [0.15, 0.2) is 11.7 Å². The van der Waals surface area contributed by atoms with Crippen LogP contribution in [0.5, 0.6) is 0 Å². The van der Waals surface area contributed by atoms with E-state index in [-0.39, 0.29) is 18.2 Å². The van der Waals surface area contributed by atoms with Crippen molar-refractivity contribution >= 4 is 33.2 Å².